The standard InChI is InChI=1S/C11H14FN3O/c12-7-4-5-10(9(13)6-7)15-11(16)14-8-2-1-3-8/h4-6,8H,1-3,13H2,(H2,14,15,16). The molecule has 86 valence electrons. The molecule has 0 bridgehead atoms. The van der Waals surface area contributed by atoms with Crippen LogP contribution < -0.4 is 16.4 Å². The van der Waals surface area contributed by atoms with Crippen LogP contribution in [0.15, 0.2) is 18.2 Å². The molecule has 4 nitrogen and oxygen atoms in total. The van der Waals surface area contributed by atoms with Gasteiger partial charge in [0.15, 0.2) is 0 Å². The molecule has 1 aromatic rings. The number of carbonyl (C=O) groups excluding carboxylic acids is 1. The summed E-state index contributed by atoms with van der Waals surface area (Å²) < 4.78 is 12.8. The van der Waals surface area contributed by atoms with E-state index in [0.717, 1.165) is 19.3 Å². The zero-order chi connectivity index (χ0) is 11.5. The van der Waals surface area contributed by atoms with Crippen molar-refractivity contribution in [3.05, 3.63) is 24.0 Å². The summed E-state index contributed by atoms with van der Waals surface area (Å²) in [5.74, 6) is -0.414. The summed E-state index contributed by atoms with van der Waals surface area (Å²) in [5, 5.41) is 5.40. The van der Waals surface area contributed by atoms with Crippen LogP contribution in [0.4, 0.5) is 20.6 Å². The van der Waals surface area contributed by atoms with Crippen LogP contribution >= 0.6 is 0 Å². The Kier molecular flexibility index (Phi) is 2.94. The van der Waals surface area contributed by atoms with Gasteiger partial charge in [-0.15, -0.1) is 0 Å². The minimum atomic E-state index is -0.414. The number of nitrogen functional groups attached to an aromatic ring is 1. The lowest BCUT2D eigenvalue weighted by molar-refractivity contribution is 0.240. The molecule has 1 aliphatic carbocycles. The molecule has 5 heteroatoms. The number of amides is 2. The average Bonchev–Trinajstić information content (AvgIpc) is 2.16. The molecule has 0 aliphatic heterocycles. The lowest BCUT2D eigenvalue weighted by Crippen LogP contribution is -2.41. The van der Waals surface area contributed by atoms with E-state index in [1.54, 1.807) is 0 Å². The molecule has 0 heterocycles. The van der Waals surface area contributed by atoms with Crippen LogP contribution in [0.1, 0.15) is 19.3 Å². The molecule has 4 N–H and O–H groups in total. The quantitative estimate of drug-likeness (QED) is 0.672. The van der Waals surface area contributed by atoms with Gasteiger partial charge >= 0.3 is 6.03 Å². The number of benzene rings is 1. The second-order valence-corrected chi connectivity index (χ2v) is 3.96. The highest BCUT2D eigenvalue weighted by Gasteiger charge is 2.19. The number of hydrogen-bond donors (Lipinski definition) is 3. The van der Waals surface area contributed by atoms with E-state index in [2.05, 4.69) is 10.6 Å². The molecular weight excluding hydrogens is 209 g/mol. The summed E-state index contributed by atoms with van der Waals surface area (Å²) in [6.45, 7) is 0. The molecular formula is C11H14FN3O. The SMILES string of the molecule is Nc1cc(F)ccc1NC(=O)NC1CCC1. The highest BCUT2D eigenvalue weighted by molar-refractivity contribution is 5.92. The van der Waals surface area contributed by atoms with Crippen LogP contribution in [0.5, 0.6) is 0 Å². The smallest absolute Gasteiger partial charge is 0.319 e. The van der Waals surface area contributed by atoms with Crippen molar-refractivity contribution in [1.82, 2.24) is 5.32 Å². The van der Waals surface area contributed by atoms with Crippen molar-refractivity contribution < 1.29 is 9.18 Å². The van der Waals surface area contributed by atoms with Crippen molar-refractivity contribution in [2.75, 3.05) is 11.1 Å². The van der Waals surface area contributed by atoms with E-state index in [1.807, 2.05) is 0 Å². The molecule has 2 rings (SSSR count). The Morgan fingerprint density at radius 3 is 2.75 bits per heavy atom. The third-order valence-corrected chi connectivity index (χ3v) is 2.70. The number of halogens is 1. The van der Waals surface area contributed by atoms with E-state index in [4.69, 9.17) is 5.73 Å². The zero-order valence-corrected chi connectivity index (χ0v) is 8.79. The van der Waals surface area contributed by atoms with E-state index >= 15 is 0 Å². The first-order valence-corrected chi connectivity index (χ1v) is 5.27. The van der Waals surface area contributed by atoms with Crippen molar-refractivity contribution in [1.29, 1.82) is 0 Å². The van der Waals surface area contributed by atoms with E-state index in [9.17, 15) is 9.18 Å². The molecule has 0 radical (unpaired) electrons. The first-order chi connectivity index (χ1) is 7.65. The van der Waals surface area contributed by atoms with E-state index < -0.39 is 5.82 Å². The summed E-state index contributed by atoms with van der Waals surface area (Å²) in [6.07, 6.45) is 3.20. The highest BCUT2D eigenvalue weighted by atomic mass is 19.1. The van der Waals surface area contributed by atoms with Crippen LogP contribution in [0.2, 0.25) is 0 Å². The highest BCUT2D eigenvalue weighted by Crippen LogP contribution is 2.20. The van der Waals surface area contributed by atoms with Crippen LogP contribution in [0.25, 0.3) is 0 Å². The van der Waals surface area contributed by atoms with E-state index in [-0.39, 0.29) is 17.8 Å². The molecule has 0 saturated heterocycles. The van der Waals surface area contributed by atoms with Gasteiger partial charge in [-0.05, 0) is 37.5 Å². The first kappa shape index (κ1) is 10.7. The summed E-state index contributed by atoms with van der Waals surface area (Å²) in [7, 11) is 0. The van der Waals surface area contributed by atoms with Gasteiger partial charge in [0.05, 0.1) is 11.4 Å². The zero-order valence-electron chi connectivity index (χ0n) is 8.79. The molecule has 1 aromatic carbocycles. The maximum atomic E-state index is 12.8. The lowest BCUT2D eigenvalue weighted by atomic mass is 9.93. The first-order valence-electron chi connectivity index (χ1n) is 5.27. The van der Waals surface area contributed by atoms with Crippen LogP contribution in [0, 0.1) is 5.82 Å². The molecule has 0 spiro atoms. The number of rotatable bonds is 2. The maximum absolute atomic E-state index is 12.8. The van der Waals surface area contributed by atoms with Gasteiger partial charge in [0.25, 0.3) is 0 Å². The Bertz CT molecular complexity index is 404. The van der Waals surface area contributed by atoms with Gasteiger partial charge < -0.3 is 16.4 Å². The Morgan fingerprint density at radius 1 is 1.44 bits per heavy atom. The number of anilines is 2. The lowest BCUT2D eigenvalue weighted by Gasteiger charge is -2.26. The number of urea groups is 1. The average molecular weight is 223 g/mol. The van der Waals surface area contributed by atoms with Crippen LogP contribution in [-0.2, 0) is 0 Å². The van der Waals surface area contributed by atoms with Crippen molar-refractivity contribution in [3.63, 3.8) is 0 Å². The largest absolute Gasteiger partial charge is 0.397 e. The molecule has 2 amide bonds. The van der Waals surface area contributed by atoms with Crippen molar-refractivity contribution >= 4 is 17.4 Å². The molecule has 16 heavy (non-hydrogen) atoms. The number of hydrogen-bond acceptors (Lipinski definition) is 2. The van der Waals surface area contributed by atoms with Crippen molar-refractivity contribution in [2.24, 2.45) is 0 Å². The number of nitrogens with two attached hydrogens (primary N) is 1. The Labute approximate surface area is 93.0 Å². The third kappa shape index (κ3) is 2.42. The fourth-order valence-corrected chi connectivity index (χ4v) is 1.54. The van der Waals surface area contributed by atoms with Crippen LogP contribution in [0.3, 0.4) is 0 Å². The number of nitrogens with one attached hydrogen (secondary N) is 2. The topological polar surface area (TPSA) is 67.1 Å². The molecule has 1 fully saturated rings. The molecule has 1 saturated carbocycles. The summed E-state index contributed by atoms with van der Waals surface area (Å²) in [6, 6.07) is 3.86. The monoisotopic (exact) mass is 223 g/mol. The minimum absolute atomic E-state index is 0.226. The third-order valence-electron chi connectivity index (χ3n) is 2.70. The fraction of sp³-hybridized carbons (Fsp3) is 0.364. The predicted octanol–water partition coefficient (Wildman–Crippen LogP) is 2.08. The minimum Gasteiger partial charge on any atom is -0.397 e. The summed E-state index contributed by atoms with van der Waals surface area (Å²) >= 11 is 0. The maximum Gasteiger partial charge on any atom is 0.319 e. The van der Waals surface area contributed by atoms with Gasteiger partial charge in [-0.3, -0.25) is 0 Å². The van der Waals surface area contributed by atoms with Gasteiger partial charge in [-0.2, -0.15) is 0 Å². The van der Waals surface area contributed by atoms with Crippen molar-refractivity contribution in [2.45, 2.75) is 25.3 Å². The second-order valence-electron chi connectivity index (χ2n) is 3.96. The second kappa shape index (κ2) is 4.38. The summed E-state index contributed by atoms with van der Waals surface area (Å²) in [5.41, 5.74) is 6.22. The van der Waals surface area contributed by atoms with Gasteiger partial charge in [0, 0.05) is 6.04 Å². The molecule has 1 aliphatic rings. The van der Waals surface area contributed by atoms with E-state index in [1.165, 1.54) is 18.2 Å². The van der Waals surface area contributed by atoms with Crippen LogP contribution in [-0.4, -0.2) is 12.1 Å². The van der Waals surface area contributed by atoms with E-state index in [0.29, 0.717) is 5.69 Å². The molecule has 0 aromatic heterocycles. The number of carbonyl (C=O) groups is 1. The van der Waals surface area contributed by atoms with Gasteiger partial charge in [0.1, 0.15) is 5.82 Å². The Balaban J connectivity index is 1.94. The fourth-order valence-electron chi connectivity index (χ4n) is 1.54. The van der Waals surface area contributed by atoms with Gasteiger partial charge in [0.2, 0.25) is 0 Å². The molecule has 0 atom stereocenters. The Morgan fingerprint density at radius 2 is 2.19 bits per heavy atom. The normalized spacial score (nSPS) is 15.3. The predicted molar refractivity (Wildman–Crippen MR) is 60.6 cm³/mol. The summed E-state index contributed by atoms with van der Waals surface area (Å²) in [4.78, 5) is 11.5. The van der Waals surface area contributed by atoms with Crippen molar-refractivity contribution in [3.8, 4) is 0 Å². The van der Waals surface area contributed by atoms with Gasteiger partial charge in [-0.1, -0.05) is 0 Å². The molecule has 0 unspecified atom stereocenters. The van der Waals surface area contributed by atoms with Gasteiger partial charge in [-0.25, -0.2) is 9.18 Å². The Hall–Kier alpha value is -1.78.